The number of fused-ring (bicyclic) bond motifs is 4. The Hall–Kier alpha value is -4.26. The zero-order valence-corrected chi connectivity index (χ0v) is 16.3. The summed E-state index contributed by atoms with van der Waals surface area (Å²) in [6.07, 6.45) is 2.07. The van der Waals surface area contributed by atoms with Crippen LogP contribution in [0.3, 0.4) is 0 Å². The highest BCUT2D eigenvalue weighted by molar-refractivity contribution is 5.98. The molecule has 2 N–H and O–H groups in total. The maximum absolute atomic E-state index is 12.5. The number of amides is 1. The van der Waals surface area contributed by atoms with E-state index in [2.05, 4.69) is 39.6 Å². The van der Waals surface area contributed by atoms with Crippen molar-refractivity contribution in [2.24, 2.45) is 0 Å². The molecule has 152 valence electrons. The van der Waals surface area contributed by atoms with Crippen molar-refractivity contribution >= 4 is 28.8 Å². The van der Waals surface area contributed by atoms with E-state index in [1.165, 1.54) is 18.5 Å². The lowest BCUT2D eigenvalue weighted by atomic mass is 9.98. The quantitative estimate of drug-likeness (QED) is 0.505. The third-order valence-corrected chi connectivity index (χ3v) is 5.41. The second-order valence-electron chi connectivity index (χ2n) is 7.21. The number of rotatable bonds is 4. The van der Waals surface area contributed by atoms with Crippen LogP contribution in [0, 0.1) is 0 Å². The summed E-state index contributed by atoms with van der Waals surface area (Å²) in [4.78, 5) is 32.0. The van der Waals surface area contributed by atoms with Gasteiger partial charge >= 0.3 is 12.1 Å². The Morgan fingerprint density at radius 2 is 1.65 bits per heavy atom. The van der Waals surface area contributed by atoms with Crippen molar-refractivity contribution < 1.29 is 19.4 Å². The SMILES string of the molecule is O=C(Nc1nccc2cc(C(=O)O)cnc12)OCC1c2ccccc2-c2ccccc21. The molecule has 0 fully saturated rings. The van der Waals surface area contributed by atoms with Crippen LogP contribution in [0.1, 0.15) is 27.4 Å². The number of carbonyl (C=O) groups excluding carboxylic acids is 1. The van der Waals surface area contributed by atoms with Crippen molar-refractivity contribution in [3.8, 4) is 11.1 Å². The first-order valence-corrected chi connectivity index (χ1v) is 9.72. The average Bonchev–Trinajstić information content (AvgIpc) is 3.11. The average molecular weight is 411 g/mol. The van der Waals surface area contributed by atoms with E-state index in [4.69, 9.17) is 9.84 Å². The van der Waals surface area contributed by atoms with Crippen LogP contribution in [0.4, 0.5) is 10.6 Å². The molecular weight excluding hydrogens is 394 g/mol. The summed E-state index contributed by atoms with van der Waals surface area (Å²) < 4.78 is 5.54. The number of anilines is 1. The van der Waals surface area contributed by atoms with Gasteiger partial charge in [-0.2, -0.15) is 0 Å². The van der Waals surface area contributed by atoms with Crippen molar-refractivity contribution in [1.82, 2.24) is 9.97 Å². The van der Waals surface area contributed by atoms with E-state index in [-0.39, 0.29) is 23.9 Å². The number of carboxylic acids is 1. The number of carboxylic acid groups (broad SMARTS) is 1. The lowest BCUT2D eigenvalue weighted by Crippen LogP contribution is -2.18. The van der Waals surface area contributed by atoms with Gasteiger partial charge in [-0.1, -0.05) is 48.5 Å². The van der Waals surface area contributed by atoms with Gasteiger partial charge in [-0.3, -0.25) is 10.3 Å². The lowest BCUT2D eigenvalue weighted by Gasteiger charge is -2.14. The second kappa shape index (κ2) is 7.53. The minimum atomic E-state index is -1.07. The number of nitrogens with zero attached hydrogens (tertiary/aromatic N) is 2. The van der Waals surface area contributed by atoms with E-state index in [0.29, 0.717) is 10.9 Å². The predicted molar refractivity (Wildman–Crippen MR) is 115 cm³/mol. The summed E-state index contributed by atoms with van der Waals surface area (Å²) in [5, 5.41) is 12.3. The molecule has 5 rings (SSSR count). The smallest absolute Gasteiger partial charge is 0.412 e. The molecule has 2 heterocycles. The number of carbonyl (C=O) groups is 2. The van der Waals surface area contributed by atoms with Gasteiger partial charge in [0.25, 0.3) is 0 Å². The molecule has 1 amide bonds. The Kier molecular flexibility index (Phi) is 4.55. The van der Waals surface area contributed by atoms with Crippen molar-refractivity contribution in [2.75, 3.05) is 11.9 Å². The maximum atomic E-state index is 12.5. The molecule has 0 unspecified atom stereocenters. The van der Waals surface area contributed by atoms with E-state index in [1.807, 2.05) is 24.3 Å². The fourth-order valence-electron chi connectivity index (χ4n) is 4.00. The summed E-state index contributed by atoms with van der Waals surface area (Å²) in [6.45, 7) is 0.182. The molecule has 4 aromatic rings. The number of benzene rings is 2. The molecule has 2 aromatic carbocycles. The molecule has 0 radical (unpaired) electrons. The Labute approximate surface area is 177 Å². The molecule has 0 saturated heterocycles. The third-order valence-electron chi connectivity index (χ3n) is 5.41. The van der Waals surface area contributed by atoms with Crippen LogP contribution in [-0.2, 0) is 4.74 Å². The molecule has 0 atom stereocenters. The largest absolute Gasteiger partial charge is 0.478 e. The molecule has 0 spiro atoms. The van der Waals surface area contributed by atoms with E-state index < -0.39 is 12.1 Å². The van der Waals surface area contributed by atoms with E-state index in [0.717, 1.165) is 22.3 Å². The van der Waals surface area contributed by atoms with Gasteiger partial charge in [0, 0.05) is 23.7 Å². The fraction of sp³-hybridized carbons (Fsp3) is 0.0833. The molecule has 1 aliphatic carbocycles. The molecule has 7 nitrogen and oxygen atoms in total. The Morgan fingerprint density at radius 1 is 0.968 bits per heavy atom. The van der Waals surface area contributed by atoms with Gasteiger partial charge < -0.3 is 9.84 Å². The molecule has 2 aromatic heterocycles. The van der Waals surface area contributed by atoms with E-state index >= 15 is 0 Å². The monoisotopic (exact) mass is 411 g/mol. The van der Waals surface area contributed by atoms with E-state index in [1.54, 1.807) is 6.07 Å². The summed E-state index contributed by atoms with van der Waals surface area (Å²) in [6, 6.07) is 19.3. The highest BCUT2D eigenvalue weighted by Crippen LogP contribution is 2.44. The summed E-state index contributed by atoms with van der Waals surface area (Å²) in [7, 11) is 0. The fourth-order valence-corrected chi connectivity index (χ4v) is 4.00. The summed E-state index contributed by atoms with van der Waals surface area (Å²) in [5.74, 6) is -0.904. The van der Waals surface area contributed by atoms with Crippen molar-refractivity contribution in [3.63, 3.8) is 0 Å². The van der Waals surface area contributed by atoms with Gasteiger partial charge in [-0.25, -0.2) is 14.6 Å². The molecule has 0 saturated carbocycles. The first-order chi connectivity index (χ1) is 15.1. The lowest BCUT2D eigenvalue weighted by molar-refractivity contribution is 0.0696. The van der Waals surface area contributed by atoms with Crippen molar-refractivity contribution in [3.05, 3.63) is 89.7 Å². The normalized spacial score (nSPS) is 12.3. The van der Waals surface area contributed by atoms with Gasteiger partial charge in [-0.15, -0.1) is 0 Å². The van der Waals surface area contributed by atoms with Crippen LogP contribution in [0.2, 0.25) is 0 Å². The Balaban J connectivity index is 1.35. The Morgan fingerprint density at radius 3 is 2.32 bits per heavy atom. The number of hydrogen-bond acceptors (Lipinski definition) is 5. The van der Waals surface area contributed by atoms with Crippen LogP contribution < -0.4 is 5.32 Å². The topological polar surface area (TPSA) is 101 Å². The number of nitrogens with one attached hydrogen (secondary N) is 1. The standard InChI is InChI=1S/C24H17N3O4/c28-23(29)15-11-14-9-10-25-22(21(14)26-12-15)27-24(30)31-13-20-18-7-3-1-5-16(18)17-6-2-4-8-19(17)20/h1-12,20H,13H2,(H,28,29)(H,25,27,30). The number of aromatic nitrogens is 2. The molecule has 0 aliphatic heterocycles. The third kappa shape index (κ3) is 3.36. The first kappa shape index (κ1) is 18.7. The summed E-state index contributed by atoms with van der Waals surface area (Å²) >= 11 is 0. The molecule has 31 heavy (non-hydrogen) atoms. The minimum absolute atomic E-state index is 0.0464. The van der Waals surface area contributed by atoms with Gasteiger partial charge in [0.2, 0.25) is 0 Å². The second-order valence-corrected chi connectivity index (χ2v) is 7.21. The predicted octanol–water partition coefficient (Wildman–Crippen LogP) is 4.69. The first-order valence-electron chi connectivity index (χ1n) is 9.72. The summed E-state index contributed by atoms with van der Waals surface area (Å²) in [5.41, 5.74) is 5.01. The number of ether oxygens (including phenoxy) is 1. The van der Waals surface area contributed by atoms with Crippen LogP contribution in [-0.4, -0.2) is 33.7 Å². The molecular formula is C24H17N3O4. The van der Waals surface area contributed by atoms with Gasteiger partial charge in [0.1, 0.15) is 12.1 Å². The van der Waals surface area contributed by atoms with E-state index in [9.17, 15) is 9.59 Å². The maximum Gasteiger partial charge on any atom is 0.412 e. The van der Waals surface area contributed by atoms with Crippen molar-refractivity contribution in [1.29, 1.82) is 0 Å². The molecule has 0 bridgehead atoms. The highest BCUT2D eigenvalue weighted by atomic mass is 16.5. The van der Waals surface area contributed by atoms with Crippen LogP contribution >= 0.6 is 0 Å². The Bertz CT molecular complexity index is 1290. The highest BCUT2D eigenvalue weighted by Gasteiger charge is 2.29. The van der Waals surface area contributed by atoms with Gasteiger partial charge in [0.05, 0.1) is 5.56 Å². The number of hydrogen-bond donors (Lipinski definition) is 2. The number of aromatic carboxylic acids is 1. The van der Waals surface area contributed by atoms with Crippen LogP contribution in [0.25, 0.3) is 22.0 Å². The zero-order valence-electron chi connectivity index (χ0n) is 16.3. The van der Waals surface area contributed by atoms with Crippen LogP contribution in [0.15, 0.2) is 73.1 Å². The molecule has 1 aliphatic rings. The zero-order chi connectivity index (χ0) is 21.4. The number of pyridine rings is 2. The van der Waals surface area contributed by atoms with Gasteiger partial charge in [-0.05, 0) is 34.4 Å². The van der Waals surface area contributed by atoms with Crippen molar-refractivity contribution in [2.45, 2.75) is 5.92 Å². The minimum Gasteiger partial charge on any atom is -0.478 e. The van der Waals surface area contributed by atoms with Gasteiger partial charge in [0.15, 0.2) is 5.82 Å². The van der Waals surface area contributed by atoms with Crippen LogP contribution in [0.5, 0.6) is 0 Å². The molecule has 7 heteroatoms.